The number of nitrogens with one attached hydrogen (secondary N) is 2. The number of carbonyl (C=O) groups is 1. The normalized spacial score (nSPS) is 10.3. The first-order valence-corrected chi connectivity index (χ1v) is 7.31. The number of benzene rings is 1. The highest BCUT2D eigenvalue weighted by Gasteiger charge is 2.11. The van der Waals surface area contributed by atoms with Crippen LogP contribution < -0.4 is 10.6 Å². The van der Waals surface area contributed by atoms with Gasteiger partial charge in [-0.1, -0.05) is 34.8 Å². The Balaban J connectivity index is 2.25. The molecule has 7 heteroatoms. The highest BCUT2D eigenvalue weighted by atomic mass is 35.5. The largest absolute Gasteiger partial charge is 0.370 e. The van der Waals surface area contributed by atoms with Crippen LogP contribution in [0.3, 0.4) is 0 Å². The number of hydrogen-bond donors (Lipinski definition) is 2. The van der Waals surface area contributed by atoms with Gasteiger partial charge in [-0.05, 0) is 37.3 Å². The molecular weight excluding hydrogens is 333 g/mol. The molecule has 0 bridgehead atoms. The molecule has 0 unspecified atom stereocenters. The van der Waals surface area contributed by atoms with Crippen molar-refractivity contribution in [2.24, 2.45) is 0 Å². The number of nitrogens with zero attached hydrogens (tertiary/aromatic N) is 1. The maximum absolute atomic E-state index is 12.3. The van der Waals surface area contributed by atoms with E-state index in [-0.39, 0.29) is 11.1 Å². The van der Waals surface area contributed by atoms with Crippen LogP contribution in [0.4, 0.5) is 11.5 Å². The van der Waals surface area contributed by atoms with Gasteiger partial charge in [0.2, 0.25) is 0 Å². The van der Waals surface area contributed by atoms with Crippen LogP contribution >= 0.6 is 34.8 Å². The number of halogens is 3. The maximum atomic E-state index is 12.3. The zero-order chi connectivity index (χ0) is 15.4. The van der Waals surface area contributed by atoms with E-state index in [1.54, 1.807) is 24.3 Å². The molecular formula is C14H12Cl3N3O. The van der Waals surface area contributed by atoms with E-state index < -0.39 is 0 Å². The first kappa shape index (κ1) is 15.9. The lowest BCUT2D eigenvalue weighted by molar-refractivity contribution is 0.102. The molecule has 21 heavy (non-hydrogen) atoms. The summed E-state index contributed by atoms with van der Waals surface area (Å²) < 4.78 is 0. The van der Waals surface area contributed by atoms with Crippen LogP contribution in [0.15, 0.2) is 30.3 Å². The van der Waals surface area contributed by atoms with E-state index in [1.165, 1.54) is 6.07 Å². The van der Waals surface area contributed by atoms with Crippen LogP contribution in [0.5, 0.6) is 0 Å². The second-order valence-electron chi connectivity index (χ2n) is 4.17. The molecule has 2 rings (SSSR count). The molecule has 110 valence electrons. The summed E-state index contributed by atoms with van der Waals surface area (Å²) in [6, 6.07) is 7.93. The number of amides is 1. The maximum Gasteiger partial charge on any atom is 0.255 e. The fourth-order valence-electron chi connectivity index (χ4n) is 1.69. The first-order valence-electron chi connectivity index (χ1n) is 6.17. The SMILES string of the molecule is CCNc1cc(C(=O)Nc2cc(Cl)ccc2Cl)cc(Cl)n1. The van der Waals surface area contributed by atoms with Gasteiger partial charge >= 0.3 is 0 Å². The van der Waals surface area contributed by atoms with Crippen LogP contribution in [0.2, 0.25) is 15.2 Å². The summed E-state index contributed by atoms with van der Waals surface area (Å²) in [6.45, 7) is 2.60. The first-order chi connectivity index (χ1) is 9.99. The third kappa shape index (κ3) is 4.24. The molecule has 0 aliphatic heterocycles. The van der Waals surface area contributed by atoms with Crippen LogP contribution in [-0.4, -0.2) is 17.4 Å². The summed E-state index contributed by atoms with van der Waals surface area (Å²) in [5.74, 6) is 0.190. The lowest BCUT2D eigenvalue weighted by Crippen LogP contribution is -2.13. The zero-order valence-corrected chi connectivity index (χ0v) is 13.4. The van der Waals surface area contributed by atoms with Crippen LogP contribution in [0.25, 0.3) is 0 Å². The molecule has 2 aromatic rings. The molecule has 1 aromatic heterocycles. The van der Waals surface area contributed by atoms with E-state index >= 15 is 0 Å². The Morgan fingerprint density at radius 2 is 1.95 bits per heavy atom. The third-order valence-corrected chi connectivity index (χ3v) is 3.35. The van der Waals surface area contributed by atoms with Gasteiger partial charge in [0.05, 0.1) is 10.7 Å². The van der Waals surface area contributed by atoms with E-state index in [9.17, 15) is 4.79 Å². The van der Waals surface area contributed by atoms with Gasteiger partial charge in [0.15, 0.2) is 0 Å². The molecule has 1 amide bonds. The molecule has 1 heterocycles. The number of hydrogen-bond acceptors (Lipinski definition) is 3. The quantitative estimate of drug-likeness (QED) is 0.789. The molecule has 0 aliphatic carbocycles. The summed E-state index contributed by atoms with van der Waals surface area (Å²) in [5.41, 5.74) is 0.814. The van der Waals surface area contributed by atoms with Crippen molar-refractivity contribution in [3.8, 4) is 0 Å². The Kier molecular flexibility index (Phi) is 5.28. The fourth-order valence-corrected chi connectivity index (χ4v) is 2.23. The van der Waals surface area contributed by atoms with Crippen molar-refractivity contribution in [1.82, 2.24) is 4.98 Å². The van der Waals surface area contributed by atoms with Gasteiger partial charge in [-0.3, -0.25) is 4.79 Å². The van der Waals surface area contributed by atoms with Gasteiger partial charge < -0.3 is 10.6 Å². The van der Waals surface area contributed by atoms with Crippen molar-refractivity contribution in [3.05, 3.63) is 51.1 Å². The van der Waals surface area contributed by atoms with Crippen molar-refractivity contribution in [1.29, 1.82) is 0 Å². The van der Waals surface area contributed by atoms with Crippen molar-refractivity contribution < 1.29 is 4.79 Å². The smallest absolute Gasteiger partial charge is 0.255 e. The van der Waals surface area contributed by atoms with Crippen molar-refractivity contribution in [3.63, 3.8) is 0 Å². The number of rotatable bonds is 4. The average Bonchev–Trinajstić information content (AvgIpc) is 2.42. The minimum atomic E-state index is -0.345. The second-order valence-corrected chi connectivity index (χ2v) is 5.40. The van der Waals surface area contributed by atoms with E-state index in [1.807, 2.05) is 6.92 Å². The molecule has 0 spiro atoms. The predicted molar refractivity (Wildman–Crippen MR) is 87.8 cm³/mol. The number of aromatic nitrogens is 1. The molecule has 0 aliphatic rings. The summed E-state index contributed by atoms with van der Waals surface area (Å²) >= 11 is 17.8. The molecule has 2 N–H and O–H groups in total. The van der Waals surface area contributed by atoms with Crippen LogP contribution in [0.1, 0.15) is 17.3 Å². The van der Waals surface area contributed by atoms with Crippen molar-refractivity contribution in [2.75, 3.05) is 17.2 Å². The minimum Gasteiger partial charge on any atom is -0.370 e. The summed E-state index contributed by atoms with van der Waals surface area (Å²) in [4.78, 5) is 16.3. The molecule has 0 saturated heterocycles. The standard InChI is InChI=1S/C14H12Cl3N3O/c1-2-18-13-6-8(5-12(17)20-13)14(21)19-11-7-9(15)3-4-10(11)16/h3-7H,2H2,1H3,(H,18,20)(H,19,21). The number of pyridine rings is 1. The second kappa shape index (κ2) is 6.98. The lowest BCUT2D eigenvalue weighted by atomic mass is 10.2. The van der Waals surface area contributed by atoms with Crippen LogP contribution in [0, 0.1) is 0 Å². The Hall–Kier alpha value is -1.49. The topological polar surface area (TPSA) is 54.0 Å². The molecule has 0 radical (unpaired) electrons. The van der Waals surface area contributed by atoms with Crippen molar-refractivity contribution >= 4 is 52.2 Å². The Morgan fingerprint density at radius 1 is 1.19 bits per heavy atom. The molecule has 0 saturated carbocycles. The summed E-state index contributed by atoms with van der Waals surface area (Å²) in [5, 5.41) is 6.82. The fraction of sp³-hybridized carbons (Fsp3) is 0.143. The monoisotopic (exact) mass is 343 g/mol. The average molecular weight is 345 g/mol. The van der Waals surface area contributed by atoms with Gasteiger partial charge in [0, 0.05) is 17.1 Å². The summed E-state index contributed by atoms with van der Waals surface area (Å²) in [7, 11) is 0. The number of anilines is 2. The molecule has 0 fully saturated rings. The van der Waals surface area contributed by atoms with Crippen molar-refractivity contribution in [2.45, 2.75) is 6.92 Å². The molecule has 4 nitrogen and oxygen atoms in total. The Bertz CT molecular complexity index is 677. The zero-order valence-electron chi connectivity index (χ0n) is 11.1. The lowest BCUT2D eigenvalue weighted by Gasteiger charge is -2.09. The number of carbonyl (C=O) groups excluding carboxylic acids is 1. The van der Waals surface area contributed by atoms with Gasteiger partial charge in [-0.2, -0.15) is 0 Å². The minimum absolute atomic E-state index is 0.232. The van der Waals surface area contributed by atoms with E-state index in [2.05, 4.69) is 15.6 Å². The third-order valence-electron chi connectivity index (χ3n) is 2.59. The van der Waals surface area contributed by atoms with Crippen LogP contribution in [-0.2, 0) is 0 Å². The predicted octanol–water partition coefficient (Wildman–Crippen LogP) is 4.73. The molecule has 0 atom stereocenters. The van der Waals surface area contributed by atoms with Gasteiger partial charge in [-0.15, -0.1) is 0 Å². The van der Waals surface area contributed by atoms with Gasteiger partial charge in [0.25, 0.3) is 5.91 Å². The molecule has 1 aromatic carbocycles. The summed E-state index contributed by atoms with van der Waals surface area (Å²) in [6.07, 6.45) is 0. The van der Waals surface area contributed by atoms with E-state index in [0.717, 1.165) is 0 Å². The van der Waals surface area contributed by atoms with E-state index in [4.69, 9.17) is 34.8 Å². The van der Waals surface area contributed by atoms with Gasteiger partial charge in [0.1, 0.15) is 11.0 Å². The highest BCUT2D eigenvalue weighted by molar-refractivity contribution is 6.36. The Labute approximate surface area is 137 Å². The van der Waals surface area contributed by atoms with Gasteiger partial charge in [-0.25, -0.2) is 4.98 Å². The highest BCUT2D eigenvalue weighted by Crippen LogP contribution is 2.26. The van der Waals surface area contributed by atoms with E-state index in [0.29, 0.717) is 33.7 Å². The Morgan fingerprint density at radius 3 is 2.67 bits per heavy atom.